The summed E-state index contributed by atoms with van der Waals surface area (Å²) in [6, 6.07) is 25.2. The maximum absolute atomic E-state index is 13.4. The van der Waals surface area contributed by atoms with Crippen molar-refractivity contribution in [1.29, 1.82) is 5.26 Å². The van der Waals surface area contributed by atoms with Crippen LogP contribution in [0, 0.1) is 23.7 Å². The van der Waals surface area contributed by atoms with Gasteiger partial charge in [-0.05, 0) is 74.7 Å². The van der Waals surface area contributed by atoms with Crippen LogP contribution in [0.1, 0.15) is 55.1 Å². The van der Waals surface area contributed by atoms with Crippen LogP contribution in [0.3, 0.4) is 0 Å². The molecule has 0 aromatic heterocycles. The van der Waals surface area contributed by atoms with Crippen molar-refractivity contribution in [3.8, 4) is 34.4 Å². The first-order valence-corrected chi connectivity index (χ1v) is 17.3. The van der Waals surface area contributed by atoms with E-state index in [0.717, 1.165) is 11.1 Å². The number of nitrogens with zero attached hydrogens (tertiary/aromatic N) is 1. The van der Waals surface area contributed by atoms with E-state index in [1.165, 1.54) is 21.3 Å². The van der Waals surface area contributed by atoms with Crippen molar-refractivity contribution < 1.29 is 37.5 Å². The summed E-state index contributed by atoms with van der Waals surface area (Å²) >= 11 is 0. The van der Waals surface area contributed by atoms with Crippen molar-refractivity contribution in [3.05, 3.63) is 107 Å². The lowest BCUT2D eigenvalue weighted by Gasteiger charge is -2.25. The van der Waals surface area contributed by atoms with Gasteiger partial charge in [0, 0.05) is 17.2 Å². The number of ether oxygens (including phenoxy) is 5. The molecule has 0 saturated heterocycles. The first kappa shape index (κ1) is 38.4. The molecule has 0 aliphatic carbocycles. The highest BCUT2D eigenvalue weighted by molar-refractivity contribution is 7.83. The van der Waals surface area contributed by atoms with Gasteiger partial charge in [-0.3, -0.25) is 4.79 Å². The molecule has 0 saturated carbocycles. The molecule has 3 atom stereocenters. The van der Waals surface area contributed by atoms with Gasteiger partial charge in [0.2, 0.25) is 0 Å². The lowest BCUT2D eigenvalue weighted by atomic mass is 9.91. The SMILES string of the molecule is COc1cc(OC)c(-c2cc([C@H](COC(=O)C(C)(C)C)NC(=O)OCc3ccccc3)ccc2OC)c([C@@H](C#N)N[S@@](=O)c2ccc(C)cc2)c1. The number of benzene rings is 4. The molecule has 2 N–H and O–H groups in total. The summed E-state index contributed by atoms with van der Waals surface area (Å²) in [5.41, 5.74) is 2.90. The quantitative estimate of drug-likeness (QED) is 0.131. The van der Waals surface area contributed by atoms with Crippen LogP contribution in [-0.4, -0.2) is 44.2 Å². The Morgan fingerprint density at radius 3 is 2.16 bits per heavy atom. The highest BCUT2D eigenvalue weighted by Gasteiger charge is 2.29. The molecule has 51 heavy (non-hydrogen) atoms. The van der Waals surface area contributed by atoms with Crippen LogP contribution >= 0.6 is 0 Å². The van der Waals surface area contributed by atoms with Crippen molar-refractivity contribution in [3.63, 3.8) is 0 Å². The Hall–Kier alpha value is -5.38. The third-order valence-corrected chi connectivity index (χ3v) is 9.01. The normalized spacial score (nSPS) is 12.8. The van der Waals surface area contributed by atoms with Crippen LogP contribution in [0.15, 0.2) is 89.8 Å². The number of hydrogen-bond acceptors (Lipinski definition) is 9. The largest absolute Gasteiger partial charge is 0.497 e. The molecule has 12 heteroatoms. The molecule has 11 nitrogen and oxygen atoms in total. The van der Waals surface area contributed by atoms with E-state index in [2.05, 4.69) is 16.1 Å². The van der Waals surface area contributed by atoms with Gasteiger partial charge in [-0.25, -0.2) is 13.7 Å². The molecule has 0 unspecified atom stereocenters. The van der Waals surface area contributed by atoms with E-state index < -0.39 is 40.5 Å². The average Bonchev–Trinajstić information content (AvgIpc) is 3.13. The maximum Gasteiger partial charge on any atom is 0.408 e. The van der Waals surface area contributed by atoms with Crippen LogP contribution in [-0.2, 0) is 31.9 Å². The maximum atomic E-state index is 13.4. The fourth-order valence-corrected chi connectivity index (χ4v) is 5.96. The number of alkyl carbamates (subject to hydrolysis) is 1. The van der Waals surface area contributed by atoms with Gasteiger partial charge >= 0.3 is 12.1 Å². The highest BCUT2D eigenvalue weighted by Crippen LogP contribution is 2.44. The van der Waals surface area contributed by atoms with Gasteiger partial charge in [-0.2, -0.15) is 5.26 Å². The third-order valence-electron chi connectivity index (χ3n) is 7.86. The van der Waals surface area contributed by atoms with Crippen molar-refractivity contribution >= 4 is 23.0 Å². The van der Waals surface area contributed by atoms with E-state index in [1.807, 2.05) is 49.4 Å². The molecule has 4 aromatic carbocycles. The summed E-state index contributed by atoms with van der Waals surface area (Å²) in [6.07, 6.45) is -0.719. The zero-order chi connectivity index (χ0) is 37.1. The number of amides is 1. The first-order valence-electron chi connectivity index (χ1n) is 16.1. The predicted octanol–water partition coefficient (Wildman–Crippen LogP) is 7.12. The highest BCUT2D eigenvalue weighted by atomic mass is 32.2. The number of carbonyl (C=O) groups is 2. The molecule has 0 spiro atoms. The standard InChI is InChI=1S/C39H43N3O8S/c1-25-13-16-29(17-14-25)51(45)42-32(22-40)30-20-28(46-5)21-35(48-7)36(30)31-19-27(15-18-34(31)47-6)33(24-49-37(43)39(2,3)4)41-38(44)50-23-26-11-9-8-10-12-26/h8-21,32-33,42H,23-24H2,1-7H3,(H,41,44)/t32-,33+,51+/m1/s1. The Morgan fingerprint density at radius 1 is 0.863 bits per heavy atom. The molecule has 0 bridgehead atoms. The van der Waals surface area contributed by atoms with Crippen LogP contribution in [0.5, 0.6) is 17.2 Å². The summed E-state index contributed by atoms with van der Waals surface area (Å²) in [5, 5.41) is 13.3. The number of hydrogen-bond donors (Lipinski definition) is 2. The number of nitriles is 1. The molecule has 4 rings (SSSR count). The van der Waals surface area contributed by atoms with Gasteiger partial charge in [-0.15, -0.1) is 0 Å². The number of methoxy groups -OCH3 is 3. The third kappa shape index (κ3) is 10.1. The first-order chi connectivity index (χ1) is 24.4. The van der Waals surface area contributed by atoms with Crippen molar-refractivity contribution in [1.82, 2.24) is 10.0 Å². The summed E-state index contributed by atoms with van der Waals surface area (Å²) in [4.78, 5) is 26.4. The molecule has 4 aromatic rings. The molecule has 268 valence electrons. The Kier molecular flexibility index (Phi) is 13.2. The van der Waals surface area contributed by atoms with E-state index >= 15 is 0 Å². The smallest absolute Gasteiger partial charge is 0.408 e. The minimum absolute atomic E-state index is 0.0357. The lowest BCUT2D eigenvalue weighted by molar-refractivity contribution is -0.153. The van der Waals surface area contributed by atoms with Gasteiger partial charge in [0.25, 0.3) is 0 Å². The molecule has 0 aliphatic heterocycles. The summed E-state index contributed by atoms with van der Waals surface area (Å²) in [6.45, 7) is 6.97. The van der Waals surface area contributed by atoms with Gasteiger partial charge in [0.15, 0.2) is 0 Å². The zero-order valence-corrected chi connectivity index (χ0v) is 30.6. The van der Waals surface area contributed by atoms with Crippen molar-refractivity contribution in [2.45, 2.75) is 51.3 Å². The van der Waals surface area contributed by atoms with E-state index in [0.29, 0.717) is 44.4 Å². The van der Waals surface area contributed by atoms with Crippen molar-refractivity contribution in [2.75, 3.05) is 27.9 Å². The van der Waals surface area contributed by atoms with E-state index in [-0.39, 0.29) is 13.2 Å². The van der Waals surface area contributed by atoms with Gasteiger partial charge in [0.1, 0.15) is 47.5 Å². The van der Waals surface area contributed by atoms with E-state index in [4.69, 9.17) is 23.7 Å². The summed E-state index contributed by atoms with van der Waals surface area (Å²) in [5.74, 6) is 0.703. The molecule has 0 fully saturated rings. The Balaban J connectivity index is 1.79. The topological polar surface area (TPSA) is 145 Å². The Labute approximate surface area is 301 Å². The van der Waals surface area contributed by atoms with Gasteiger partial charge in [-0.1, -0.05) is 54.1 Å². The average molecular weight is 714 g/mol. The fraction of sp³-hybridized carbons (Fsp3) is 0.308. The molecule has 1 amide bonds. The van der Waals surface area contributed by atoms with Crippen LogP contribution in [0.2, 0.25) is 0 Å². The van der Waals surface area contributed by atoms with Crippen LogP contribution < -0.4 is 24.2 Å². The monoisotopic (exact) mass is 713 g/mol. The molecule has 0 aliphatic rings. The second kappa shape index (κ2) is 17.5. The predicted molar refractivity (Wildman–Crippen MR) is 194 cm³/mol. The van der Waals surface area contributed by atoms with Gasteiger partial charge < -0.3 is 29.0 Å². The minimum atomic E-state index is -1.76. The summed E-state index contributed by atoms with van der Waals surface area (Å²) in [7, 11) is 2.72. The van der Waals surface area contributed by atoms with E-state index in [1.54, 1.807) is 63.2 Å². The number of aryl methyl sites for hydroxylation is 1. The van der Waals surface area contributed by atoms with E-state index in [9.17, 15) is 19.1 Å². The second-order valence-electron chi connectivity index (χ2n) is 12.6. The number of carbonyl (C=O) groups excluding carboxylic acids is 2. The zero-order valence-electron chi connectivity index (χ0n) is 29.8. The number of esters is 1. The molecular formula is C39H43N3O8S. The van der Waals surface area contributed by atoms with Crippen molar-refractivity contribution in [2.24, 2.45) is 5.41 Å². The van der Waals surface area contributed by atoms with Crippen LogP contribution in [0.25, 0.3) is 11.1 Å². The Morgan fingerprint density at radius 2 is 1.55 bits per heavy atom. The van der Waals surface area contributed by atoms with Crippen LogP contribution in [0.4, 0.5) is 4.79 Å². The number of nitrogens with one attached hydrogen (secondary N) is 2. The summed E-state index contributed by atoms with van der Waals surface area (Å²) < 4.78 is 44.7. The second-order valence-corrected chi connectivity index (χ2v) is 13.9. The lowest BCUT2D eigenvalue weighted by Crippen LogP contribution is -2.34. The van der Waals surface area contributed by atoms with Gasteiger partial charge in [0.05, 0.1) is 43.8 Å². The molecular weight excluding hydrogens is 671 g/mol. The minimum Gasteiger partial charge on any atom is -0.497 e. The Bertz CT molecular complexity index is 1890. The fourth-order valence-electron chi connectivity index (χ4n) is 5.04. The molecule has 0 heterocycles. The molecule has 0 radical (unpaired) electrons. The number of rotatable bonds is 14.